The van der Waals surface area contributed by atoms with Gasteiger partial charge in [0.25, 0.3) is 0 Å². The fourth-order valence-corrected chi connectivity index (χ4v) is 2.80. The summed E-state index contributed by atoms with van der Waals surface area (Å²) in [6.07, 6.45) is 0. The molecule has 4 heteroatoms. The molecule has 114 valence electrons. The molecule has 1 heterocycles. The van der Waals surface area contributed by atoms with Crippen molar-refractivity contribution >= 4 is 16.6 Å². The average Bonchev–Trinajstić information content (AvgIpc) is 2.86. The molecule has 0 spiro atoms. The third kappa shape index (κ3) is 2.48. The van der Waals surface area contributed by atoms with Crippen molar-refractivity contribution in [2.45, 2.75) is 26.5 Å². The van der Waals surface area contributed by atoms with Crippen molar-refractivity contribution in [3.8, 4) is 11.5 Å². The molecule has 0 saturated carbocycles. The topological polar surface area (TPSA) is 60.4 Å². The number of aromatic nitrogens is 1. The van der Waals surface area contributed by atoms with E-state index in [9.17, 15) is 5.11 Å². The molecule has 0 atom stereocenters. The zero-order valence-electron chi connectivity index (χ0n) is 12.8. The van der Waals surface area contributed by atoms with E-state index in [1.807, 2.05) is 24.3 Å². The number of phenolic OH excluding ortho intramolecular Hbond substituents is 1. The zero-order valence-corrected chi connectivity index (χ0v) is 12.8. The summed E-state index contributed by atoms with van der Waals surface area (Å²) in [7, 11) is 0. The quantitative estimate of drug-likeness (QED) is 0.713. The maximum atomic E-state index is 9.80. The maximum absolute atomic E-state index is 9.80. The van der Waals surface area contributed by atoms with Crippen LogP contribution in [0.15, 0.2) is 48.5 Å². The highest BCUT2D eigenvalue weighted by Gasteiger charge is 2.14. The molecule has 0 aliphatic rings. The number of anilines is 1. The Hall–Kier alpha value is -2.62. The van der Waals surface area contributed by atoms with Gasteiger partial charge in [0, 0.05) is 11.4 Å². The van der Waals surface area contributed by atoms with Crippen LogP contribution in [0.4, 0.5) is 5.69 Å². The number of hydrogen-bond acceptors (Lipinski definition) is 3. The Balaban J connectivity index is 1.99. The van der Waals surface area contributed by atoms with E-state index >= 15 is 0 Å². The second-order valence-electron chi connectivity index (χ2n) is 5.64. The Labute approximate surface area is 129 Å². The van der Waals surface area contributed by atoms with Gasteiger partial charge in [0.1, 0.15) is 6.61 Å². The number of para-hydroxylation sites is 3. The van der Waals surface area contributed by atoms with Crippen LogP contribution in [0.5, 0.6) is 11.5 Å². The molecule has 0 saturated heterocycles. The molecule has 4 nitrogen and oxygen atoms in total. The maximum Gasteiger partial charge on any atom is 0.161 e. The monoisotopic (exact) mass is 296 g/mol. The standard InChI is InChI=1S/C18H20N2O2/c1-12(2)20-14(10-13-6-5-7-15(19)18(13)20)11-22-17-9-4-3-8-16(17)21/h3-10,12,21H,11,19H2,1-2H3. The SMILES string of the molecule is CC(C)n1c(COc2ccccc2O)cc2cccc(N)c21. The van der Waals surface area contributed by atoms with Gasteiger partial charge in [-0.25, -0.2) is 0 Å². The molecule has 22 heavy (non-hydrogen) atoms. The first-order chi connectivity index (χ1) is 10.6. The Morgan fingerprint density at radius 1 is 1.14 bits per heavy atom. The van der Waals surface area contributed by atoms with Crippen LogP contribution in [0.1, 0.15) is 25.6 Å². The third-order valence-corrected chi connectivity index (χ3v) is 3.73. The van der Waals surface area contributed by atoms with Gasteiger partial charge >= 0.3 is 0 Å². The normalized spacial score (nSPS) is 11.2. The van der Waals surface area contributed by atoms with Crippen LogP contribution in [0.2, 0.25) is 0 Å². The number of nitrogens with zero attached hydrogens (tertiary/aromatic N) is 1. The predicted octanol–water partition coefficient (Wildman–Crippen LogP) is 4.09. The van der Waals surface area contributed by atoms with E-state index in [0.717, 1.165) is 22.3 Å². The molecule has 1 aromatic heterocycles. The average molecular weight is 296 g/mol. The number of aromatic hydroxyl groups is 1. The van der Waals surface area contributed by atoms with Gasteiger partial charge in [-0.15, -0.1) is 0 Å². The highest BCUT2D eigenvalue weighted by Crippen LogP contribution is 2.30. The summed E-state index contributed by atoms with van der Waals surface area (Å²) in [6.45, 7) is 4.62. The summed E-state index contributed by atoms with van der Waals surface area (Å²) in [6, 6.07) is 15.3. The Morgan fingerprint density at radius 3 is 2.64 bits per heavy atom. The van der Waals surface area contributed by atoms with Gasteiger partial charge in [-0.05, 0) is 38.1 Å². The van der Waals surface area contributed by atoms with Crippen LogP contribution < -0.4 is 10.5 Å². The van der Waals surface area contributed by atoms with E-state index in [1.165, 1.54) is 0 Å². The summed E-state index contributed by atoms with van der Waals surface area (Å²) < 4.78 is 7.96. The number of nitrogens with two attached hydrogens (primary N) is 1. The number of ether oxygens (including phenoxy) is 1. The van der Waals surface area contributed by atoms with Crippen molar-refractivity contribution in [2.24, 2.45) is 0 Å². The van der Waals surface area contributed by atoms with Crippen LogP contribution in [0.3, 0.4) is 0 Å². The van der Waals surface area contributed by atoms with Gasteiger partial charge in [-0.1, -0.05) is 24.3 Å². The lowest BCUT2D eigenvalue weighted by molar-refractivity contribution is 0.278. The minimum atomic E-state index is 0.147. The molecule has 0 bridgehead atoms. The van der Waals surface area contributed by atoms with E-state index in [1.54, 1.807) is 18.2 Å². The molecule has 3 N–H and O–H groups in total. The minimum Gasteiger partial charge on any atom is -0.504 e. The Kier molecular flexibility index (Phi) is 3.67. The molecule has 0 fully saturated rings. The van der Waals surface area contributed by atoms with Crippen LogP contribution in [0, 0.1) is 0 Å². The number of fused-ring (bicyclic) bond motifs is 1. The molecule has 3 rings (SSSR count). The first-order valence-corrected chi connectivity index (χ1v) is 7.37. The van der Waals surface area contributed by atoms with Gasteiger partial charge < -0.3 is 20.1 Å². The van der Waals surface area contributed by atoms with Crippen molar-refractivity contribution in [3.05, 3.63) is 54.2 Å². The van der Waals surface area contributed by atoms with E-state index < -0.39 is 0 Å². The molecule has 2 aromatic carbocycles. The summed E-state index contributed by atoms with van der Waals surface area (Å²) in [5, 5.41) is 10.9. The second kappa shape index (κ2) is 5.64. The van der Waals surface area contributed by atoms with Crippen LogP contribution in [-0.2, 0) is 6.61 Å². The largest absolute Gasteiger partial charge is 0.504 e. The highest BCUT2D eigenvalue weighted by atomic mass is 16.5. The van der Waals surface area contributed by atoms with Crippen molar-refractivity contribution in [1.82, 2.24) is 4.57 Å². The number of nitrogen functional groups attached to an aromatic ring is 1. The molecule has 0 radical (unpaired) electrons. The van der Waals surface area contributed by atoms with Crippen molar-refractivity contribution in [3.63, 3.8) is 0 Å². The van der Waals surface area contributed by atoms with Gasteiger partial charge in [0.2, 0.25) is 0 Å². The summed E-state index contributed by atoms with van der Waals surface area (Å²) >= 11 is 0. The second-order valence-corrected chi connectivity index (χ2v) is 5.64. The smallest absolute Gasteiger partial charge is 0.161 e. The first kappa shape index (κ1) is 14.3. The number of benzene rings is 2. The lowest BCUT2D eigenvalue weighted by Gasteiger charge is -2.16. The number of rotatable bonds is 4. The Bertz CT molecular complexity index is 806. The highest BCUT2D eigenvalue weighted by molar-refractivity contribution is 5.91. The molecule has 0 amide bonds. The summed E-state index contributed by atoms with van der Waals surface area (Å²) in [5.41, 5.74) is 8.97. The Morgan fingerprint density at radius 2 is 1.91 bits per heavy atom. The lowest BCUT2D eigenvalue weighted by Crippen LogP contribution is -2.09. The van der Waals surface area contributed by atoms with Gasteiger partial charge in [-0.3, -0.25) is 0 Å². The molecule has 0 aliphatic carbocycles. The van der Waals surface area contributed by atoms with Crippen molar-refractivity contribution in [2.75, 3.05) is 5.73 Å². The number of phenols is 1. The van der Waals surface area contributed by atoms with E-state index in [4.69, 9.17) is 10.5 Å². The van der Waals surface area contributed by atoms with Crippen molar-refractivity contribution < 1.29 is 9.84 Å². The lowest BCUT2D eigenvalue weighted by atomic mass is 10.2. The number of hydrogen-bond donors (Lipinski definition) is 2. The fraction of sp³-hybridized carbons (Fsp3) is 0.222. The first-order valence-electron chi connectivity index (χ1n) is 7.37. The van der Waals surface area contributed by atoms with Gasteiger partial charge in [0.15, 0.2) is 11.5 Å². The predicted molar refractivity (Wildman–Crippen MR) is 89.2 cm³/mol. The molecular weight excluding hydrogens is 276 g/mol. The summed E-state index contributed by atoms with van der Waals surface area (Å²) in [4.78, 5) is 0. The molecule has 0 unspecified atom stereocenters. The minimum absolute atomic E-state index is 0.147. The van der Waals surface area contributed by atoms with E-state index in [2.05, 4.69) is 24.5 Å². The zero-order chi connectivity index (χ0) is 15.7. The fourth-order valence-electron chi connectivity index (χ4n) is 2.80. The molecular formula is C18H20N2O2. The molecule has 0 aliphatic heterocycles. The third-order valence-electron chi connectivity index (χ3n) is 3.73. The van der Waals surface area contributed by atoms with Crippen LogP contribution in [0.25, 0.3) is 10.9 Å². The van der Waals surface area contributed by atoms with E-state index in [-0.39, 0.29) is 11.8 Å². The van der Waals surface area contributed by atoms with Gasteiger partial charge in [-0.2, -0.15) is 0 Å². The van der Waals surface area contributed by atoms with Crippen molar-refractivity contribution in [1.29, 1.82) is 0 Å². The molecule has 3 aromatic rings. The van der Waals surface area contributed by atoms with Gasteiger partial charge in [0.05, 0.1) is 16.9 Å². The van der Waals surface area contributed by atoms with Crippen LogP contribution in [-0.4, -0.2) is 9.67 Å². The van der Waals surface area contributed by atoms with E-state index in [0.29, 0.717) is 12.4 Å². The summed E-state index contributed by atoms with van der Waals surface area (Å²) in [5.74, 6) is 0.630. The van der Waals surface area contributed by atoms with Crippen LogP contribution >= 0.6 is 0 Å².